The van der Waals surface area contributed by atoms with Crippen LogP contribution in [0, 0.1) is 0 Å². The van der Waals surface area contributed by atoms with Crippen molar-refractivity contribution in [2.75, 3.05) is 0 Å². The predicted molar refractivity (Wildman–Crippen MR) is 51.6 cm³/mol. The van der Waals surface area contributed by atoms with Crippen LogP contribution in [0.15, 0.2) is 18.3 Å². The fourth-order valence-electron chi connectivity index (χ4n) is 1.40. The van der Waals surface area contributed by atoms with E-state index in [1.165, 1.54) is 0 Å². The average Bonchev–Trinajstić information content (AvgIpc) is 2.64. The molecule has 0 saturated carbocycles. The van der Waals surface area contributed by atoms with E-state index in [1.807, 2.05) is 12.1 Å². The Morgan fingerprint density at radius 3 is 2.85 bits per heavy atom. The van der Waals surface area contributed by atoms with Gasteiger partial charge in [-0.1, -0.05) is 12.1 Å². The SMILES string of the molecule is OCc1ccc(CCl)c2[nH]ncc12. The lowest BCUT2D eigenvalue weighted by atomic mass is 10.1. The number of hydrogen-bond acceptors (Lipinski definition) is 2. The highest BCUT2D eigenvalue weighted by Gasteiger charge is 2.05. The molecule has 1 heterocycles. The largest absolute Gasteiger partial charge is 0.392 e. The molecule has 0 aliphatic heterocycles. The van der Waals surface area contributed by atoms with E-state index < -0.39 is 0 Å². The molecule has 2 N–H and O–H groups in total. The van der Waals surface area contributed by atoms with Crippen LogP contribution in [0.3, 0.4) is 0 Å². The van der Waals surface area contributed by atoms with Gasteiger partial charge in [0.2, 0.25) is 0 Å². The van der Waals surface area contributed by atoms with Gasteiger partial charge in [-0.3, -0.25) is 5.10 Å². The number of aliphatic hydroxyl groups excluding tert-OH is 1. The summed E-state index contributed by atoms with van der Waals surface area (Å²) < 4.78 is 0. The van der Waals surface area contributed by atoms with Crippen LogP contribution >= 0.6 is 11.6 Å². The maximum Gasteiger partial charge on any atom is 0.0698 e. The van der Waals surface area contributed by atoms with Gasteiger partial charge in [-0.2, -0.15) is 5.10 Å². The summed E-state index contributed by atoms with van der Waals surface area (Å²) in [4.78, 5) is 0. The number of H-pyrrole nitrogens is 1. The third-order valence-corrected chi connectivity index (χ3v) is 2.39. The van der Waals surface area contributed by atoms with Crippen LogP contribution in [0.5, 0.6) is 0 Å². The van der Waals surface area contributed by atoms with Gasteiger partial charge in [0.1, 0.15) is 0 Å². The highest BCUT2D eigenvalue weighted by atomic mass is 35.5. The molecule has 0 aliphatic carbocycles. The van der Waals surface area contributed by atoms with Crippen molar-refractivity contribution in [1.82, 2.24) is 10.2 Å². The summed E-state index contributed by atoms with van der Waals surface area (Å²) in [6.45, 7) is 0.0264. The van der Waals surface area contributed by atoms with Crippen molar-refractivity contribution in [3.63, 3.8) is 0 Å². The van der Waals surface area contributed by atoms with E-state index in [0.717, 1.165) is 22.0 Å². The molecule has 0 aliphatic rings. The van der Waals surface area contributed by atoms with Crippen LogP contribution in [0.2, 0.25) is 0 Å². The first-order valence-corrected chi connectivity index (χ1v) is 4.51. The molecule has 2 aromatic rings. The molecule has 13 heavy (non-hydrogen) atoms. The molecular weight excluding hydrogens is 188 g/mol. The quantitative estimate of drug-likeness (QED) is 0.720. The van der Waals surface area contributed by atoms with Crippen LogP contribution in [-0.2, 0) is 12.5 Å². The van der Waals surface area contributed by atoms with Crippen molar-refractivity contribution >= 4 is 22.5 Å². The lowest BCUT2D eigenvalue weighted by Gasteiger charge is -2.01. The van der Waals surface area contributed by atoms with E-state index in [-0.39, 0.29) is 6.61 Å². The Hall–Kier alpha value is -1.06. The van der Waals surface area contributed by atoms with Crippen molar-refractivity contribution < 1.29 is 5.11 Å². The number of benzene rings is 1. The molecule has 1 aromatic carbocycles. The average molecular weight is 197 g/mol. The Morgan fingerprint density at radius 2 is 2.15 bits per heavy atom. The zero-order valence-electron chi connectivity index (χ0n) is 6.92. The van der Waals surface area contributed by atoms with Crippen molar-refractivity contribution in [3.05, 3.63) is 29.5 Å². The van der Waals surface area contributed by atoms with Gasteiger partial charge in [0, 0.05) is 11.3 Å². The lowest BCUT2D eigenvalue weighted by molar-refractivity contribution is 0.283. The number of aliphatic hydroxyl groups is 1. The number of rotatable bonds is 2. The Morgan fingerprint density at radius 1 is 1.38 bits per heavy atom. The molecule has 0 radical (unpaired) electrons. The zero-order chi connectivity index (χ0) is 9.26. The molecular formula is C9H9ClN2O. The minimum atomic E-state index is 0.0264. The summed E-state index contributed by atoms with van der Waals surface area (Å²) in [5, 5.41) is 16.8. The van der Waals surface area contributed by atoms with Crippen molar-refractivity contribution in [2.45, 2.75) is 12.5 Å². The van der Waals surface area contributed by atoms with E-state index in [2.05, 4.69) is 10.2 Å². The summed E-state index contributed by atoms with van der Waals surface area (Å²) >= 11 is 5.75. The third-order valence-electron chi connectivity index (χ3n) is 2.11. The van der Waals surface area contributed by atoms with Gasteiger partial charge in [0.05, 0.1) is 18.3 Å². The Bertz CT molecular complexity index is 386. The molecule has 3 nitrogen and oxygen atoms in total. The van der Waals surface area contributed by atoms with E-state index in [1.54, 1.807) is 6.20 Å². The van der Waals surface area contributed by atoms with E-state index in [0.29, 0.717) is 5.88 Å². The van der Waals surface area contributed by atoms with E-state index >= 15 is 0 Å². The fraction of sp³-hybridized carbons (Fsp3) is 0.222. The second-order valence-electron chi connectivity index (χ2n) is 2.83. The minimum absolute atomic E-state index is 0.0264. The summed E-state index contributed by atoms with van der Waals surface area (Å²) in [5.41, 5.74) is 2.80. The van der Waals surface area contributed by atoms with Gasteiger partial charge < -0.3 is 5.11 Å². The highest BCUT2D eigenvalue weighted by Crippen LogP contribution is 2.21. The first-order valence-electron chi connectivity index (χ1n) is 3.97. The predicted octanol–water partition coefficient (Wildman–Crippen LogP) is 1.79. The van der Waals surface area contributed by atoms with Gasteiger partial charge in [-0.25, -0.2) is 0 Å². The smallest absolute Gasteiger partial charge is 0.0698 e. The van der Waals surface area contributed by atoms with Crippen LogP contribution < -0.4 is 0 Å². The summed E-state index contributed by atoms with van der Waals surface area (Å²) in [5.74, 6) is 0.449. The van der Waals surface area contributed by atoms with Gasteiger partial charge in [-0.15, -0.1) is 11.6 Å². The number of halogens is 1. The Balaban J connectivity index is 2.74. The monoisotopic (exact) mass is 196 g/mol. The summed E-state index contributed by atoms with van der Waals surface area (Å²) in [6.07, 6.45) is 1.71. The number of nitrogens with one attached hydrogen (secondary N) is 1. The number of fused-ring (bicyclic) bond motifs is 1. The molecule has 0 amide bonds. The molecule has 2 rings (SSSR count). The number of nitrogens with zero attached hydrogens (tertiary/aromatic N) is 1. The summed E-state index contributed by atoms with van der Waals surface area (Å²) in [6, 6.07) is 3.77. The van der Waals surface area contributed by atoms with E-state index in [9.17, 15) is 0 Å². The molecule has 0 saturated heterocycles. The molecule has 0 spiro atoms. The van der Waals surface area contributed by atoms with Crippen molar-refractivity contribution in [1.29, 1.82) is 0 Å². The standard InChI is InChI=1S/C9H9ClN2O/c10-3-6-1-2-7(5-13)8-4-11-12-9(6)8/h1-2,4,13H,3,5H2,(H,11,12). The number of hydrogen-bond donors (Lipinski definition) is 2. The molecule has 0 fully saturated rings. The second-order valence-corrected chi connectivity index (χ2v) is 3.10. The van der Waals surface area contributed by atoms with E-state index in [4.69, 9.17) is 16.7 Å². The van der Waals surface area contributed by atoms with Crippen LogP contribution in [0.1, 0.15) is 11.1 Å². The van der Waals surface area contributed by atoms with Gasteiger partial charge >= 0.3 is 0 Å². The topological polar surface area (TPSA) is 48.9 Å². The molecule has 0 atom stereocenters. The maximum absolute atomic E-state index is 9.04. The molecule has 0 unspecified atom stereocenters. The van der Waals surface area contributed by atoms with Gasteiger partial charge in [0.25, 0.3) is 0 Å². The number of alkyl halides is 1. The third kappa shape index (κ3) is 1.30. The Kier molecular flexibility index (Phi) is 2.20. The first kappa shape index (κ1) is 8.53. The zero-order valence-corrected chi connectivity index (χ0v) is 7.67. The maximum atomic E-state index is 9.04. The van der Waals surface area contributed by atoms with Crippen molar-refractivity contribution in [2.24, 2.45) is 0 Å². The second kappa shape index (κ2) is 3.36. The Labute approximate surface area is 80.3 Å². The van der Waals surface area contributed by atoms with Crippen LogP contribution in [0.25, 0.3) is 10.9 Å². The highest BCUT2D eigenvalue weighted by molar-refractivity contribution is 6.17. The normalized spacial score (nSPS) is 10.9. The fourth-order valence-corrected chi connectivity index (χ4v) is 1.62. The first-order chi connectivity index (χ1) is 6.36. The molecule has 0 bridgehead atoms. The minimum Gasteiger partial charge on any atom is -0.392 e. The number of aromatic amines is 1. The van der Waals surface area contributed by atoms with Gasteiger partial charge in [-0.05, 0) is 11.1 Å². The molecule has 4 heteroatoms. The molecule has 1 aromatic heterocycles. The lowest BCUT2D eigenvalue weighted by Crippen LogP contribution is -1.87. The number of aromatic nitrogens is 2. The van der Waals surface area contributed by atoms with Crippen LogP contribution in [0.4, 0.5) is 0 Å². The molecule has 68 valence electrons. The summed E-state index contributed by atoms with van der Waals surface area (Å²) in [7, 11) is 0. The van der Waals surface area contributed by atoms with Crippen LogP contribution in [-0.4, -0.2) is 15.3 Å². The van der Waals surface area contributed by atoms with Crippen molar-refractivity contribution in [3.8, 4) is 0 Å². The van der Waals surface area contributed by atoms with Gasteiger partial charge in [0.15, 0.2) is 0 Å².